The van der Waals surface area contributed by atoms with Gasteiger partial charge in [0, 0.05) is 6.54 Å². The molecule has 0 saturated heterocycles. The SMILES string of the molecule is C#CCN(C(=O)OCCCC)C12CC(N(CC#C)C(=O)N3CCc4ccccc4[C@@H]3c3ccc(F)cc3)(C1)C2. The lowest BCUT2D eigenvalue weighted by molar-refractivity contribution is -0.205. The number of halogens is 1. The summed E-state index contributed by atoms with van der Waals surface area (Å²) in [6, 6.07) is 13.9. The Morgan fingerprint density at radius 1 is 1.03 bits per heavy atom. The number of urea groups is 1. The molecule has 1 aliphatic heterocycles. The molecule has 3 fully saturated rings. The van der Waals surface area contributed by atoms with E-state index in [-0.39, 0.29) is 31.0 Å². The normalized spacial score (nSPS) is 24.2. The van der Waals surface area contributed by atoms with Gasteiger partial charge in [-0.25, -0.2) is 14.0 Å². The lowest BCUT2D eigenvalue weighted by Crippen LogP contribution is -2.85. The third-order valence-electron chi connectivity index (χ3n) is 8.51. The van der Waals surface area contributed by atoms with Crippen molar-refractivity contribution in [2.75, 3.05) is 26.2 Å². The van der Waals surface area contributed by atoms with Gasteiger partial charge in [0.1, 0.15) is 5.82 Å². The summed E-state index contributed by atoms with van der Waals surface area (Å²) in [6.45, 7) is 3.25. The van der Waals surface area contributed by atoms with Crippen molar-refractivity contribution in [2.24, 2.45) is 0 Å². The Kier molecular flexibility index (Phi) is 7.28. The van der Waals surface area contributed by atoms with Gasteiger partial charge >= 0.3 is 12.1 Å². The number of hydrogen-bond donors (Lipinski definition) is 0. The molecule has 0 N–H and O–H groups in total. The second-order valence-corrected chi connectivity index (χ2v) is 10.9. The molecule has 39 heavy (non-hydrogen) atoms. The van der Waals surface area contributed by atoms with Crippen LogP contribution in [0.5, 0.6) is 0 Å². The third-order valence-corrected chi connectivity index (χ3v) is 8.51. The van der Waals surface area contributed by atoms with Gasteiger partial charge in [0.15, 0.2) is 0 Å². The highest BCUT2D eigenvalue weighted by atomic mass is 19.1. The van der Waals surface area contributed by atoms with Crippen molar-refractivity contribution in [3.63, 3.8) is 0 Å². The number of hydrogen-bond acceptors (Lipinski definition) is 3. The van der Waals surface area contributed by atoms with E-state index in [0.717, 1.165) is 30.4 Å². The molecular formula is C32H34FN3O3. The van der Waals surface area contributed by atoms with Crippen LogP contribution in [0, 0.1) is 30.5 Å². The van der Waals surface area contributed by atoms with Crippen molar-refractivity contribution in [2.45, 2.75) is 62.6 Å². The molecule has 4 aliphatic rings. The average Bonchev–Trinajstić information content (AvgIpc) is 2.90. The summed E-state index contributed by atoms with van der Waals surface area (Å²) < 4.78 is 19.3. The molecule has 1 heterocycles. The smallest absolute Gasteiger partial charge is 0.411 e. The van der Waals surface area contributed by atoms with E-state index in [2.05, 4.69) is 17.9 Å². The molecule has 3 amide bonds. The van der Waals surface area contributed by atoms with Gasteiger partial charge in [-0.05, 0) is 60.9 Å². The van der Waals surface area contributed by atoms with Crippen molar-refractivity contribution in [3.8, 4) is 24.7 Å². The van der Waals surface area contributed by atoms with Crippen LogP contribution in [0.25, 0.3) is 0 Å². The molecule has 6 rings (SSSR count). The zero-order chi connectivity index (χ0) is 27.6. The molecule has 6 nitrogen and oxygen atoms in total. The molecule has 0 radical (unpaired) electrons. The monoisotopic (exact) mass is 527 g/mol. The van der Waals surface area contributed by atoms with Gasteiger partial charge in [-0.3, -0.25) is 4.90 Å². The van der Waals surface area contributed by atoms with Crippen LogP contribution in [-0.2, 0) is 11.2 Å². The summed E-state index contributed by atoms with van der Waals surface area (Å²) in [4.78, 5) is 32.4. The average molecular weight is 528 g/mol. The molecule has 2 aromatic rings. The van der Waals surface area contributed by atoms with Gasteiger partial charge < -0.3 is 14.5 Å². The first-order valence-corrected chi connectivity index (χ1v) is 13.6. The van der Waals surface area contributed by atoms with Crippen LogP contribution in [-0.4, -0.2) is 64.1 Å². The van der Waals surface area contributed by atoms with E-state index in [1.54, 1.807) is 21.9 Å². The van der Waals surface area contributed by atoms with E-state index >= 15 is 0 Å². The maximum atomic E-state index is 14.3. The third kappa shape index (κ3) is 4.61. The van der Waals surface area contributed by atoms with E-state index < -0.39 is 17.2 Å². The first kappa shape index (κ1) is 26.6. The van der Waals surface area contributed by atoms with Crippen LogP contribution in [0.1, 0.15) is 61.8 Å². The summed E-state index contributed by atoms with van der Waals surface area (Å²) in [7, 11) is 0. The highest BCUT2D eigenvalue weighted by molar-refractivity contribution is 5.79. The fourth-order valence-corrected chi connectivity index (χ4v) is 6.62. The number of ether oxygens (including phenoxy) is 1. The largest absolute Gasteiger partial charge is 0.449 e. The van der Waals surface area contributed by atoms with Crippen LogP contribution in [0.2, 0.25) is 0 Å². The lowest BCUT2D eigenvalue weighted by Gasteiger charge is -2.75. The van der Waals surface area contributed by atoms with Gasteiger partial charge in [-0.1, -0.05) is 61.6 Å². The van der Waals surface area contributed by atoms with Crippen LogP contribution in [0.3, 0.4) is 0 Å². The number of rotatable bonds is 8. The van der Waals surface area contributed by atoms with Crippen LogP contribution in [0.4, 0.5) is 14.0 Å². The second-order valence-electron chi connectivity index (χ2n) is 10.9. The maximum Gasteiger partial charge on any atom is 0.411 e. The number of nitrogens with zero attached hydrogens (tertiary/aromatic N) is 3. The van der Waals surface area contributed by atoms with Gasteiger partial charge in [-0.15, -0.1) is 12.8 Å². The van der Waals surface area contributed by atoms with E-state index in [0.29, 0.717) is 32.4 Å². The molecule has 0 unspecified atom stereocenters. The van der Waals surface area contributed by atoms with Gasteiger partial charge in [0.2, 0.25) is 0 Å². The molecule has 202 valence electrons. The molecular weight excluding hydrogens is 493 g/mol. The van der Waals surface area contributed by atoms with Gasteiger partial charge in [0.25, 0.3) is 0 Å². The Morgan fingerprint density at radius 3 is 2.33 bits per heavy atom. The minimum Gasteiger partial charge on any atom is -0.449 e. The molecule has 1 atom stereocenters. The van der Waals surface area contributed by atoms with Crippen LogP contribution < -0.4 is 0 Å². The Labute approximate surface area is 230 Å². The summed E-state index contributed by atoms with van der Waals surface area (Å²) in [5, 5.41) is 0. The predicted octanol–water partition coefficient (Wildman–Crippen LogP) is 5.38. The Bertz CT molecular complexity index is 1310. The first-order chi connectivity index (χ1) is 18.9. The number of unbranched alkanes of at least 4 members (excludes halogenated alkanes) is 1. The van der Waals surface area contributed by atoms with Crippen molar-refractivity contribution in [3.05, 3.63) is 71.0 Å². The Morgan fingerprint density at radius 2 is 1.67 bits per heavy atom. The number of carbonyl (C=O) groups excluding carboxylic acids is 2. The number of carbonyl (C=O) groups is 2. The molecule has 3 aliphatic carbocycles. The topological polar surface area (TPSA) is 53.1 Å². The summed E-state index contributed by atoms with van der Waals surface area (Å²) >= 11 is 0. The van der Waals surface area contributed by atoms with Crippen molar-refractivity contribution >= 4 is 12.1 Å². The van der Waals surface area contributed by atoms with Gasteiger partial charge in [0.05, 0.1) is 36.8 Å². The number of benzene rings is 2. The number of terminal acetylenes is 2. The molecule has 3 saturated carbocycles. The van der Waals surface area contributed by atoms with E-state index in [1.807, 2.05) is 30.0 Å². The quantitative estimate of drug-likeness (QED) is 0.342. The zero-order valence-electron chi connectivity index (χ0n) is 22.4. The van der Waals surface area contributed by atoms with E-state index in [9.17, 15) is 14.0 Å². The zero-order valence-corrected chi connectivity index (χ0v) is 22.4. The van der Waals surface area contributed by atoms with Crippen LogP contribution >= 0.6 is 0 Å². The fourth-order valence-electron chi connectivity index (χ4n) is 6.62. The van der Waals surface area contributed by atoms with Crippen molar-refractivity contribution in [1.82, 2.24) is 14.7 Å². The molecule has 0 spiro atoms. The van der Waals surface area contributed by atoms with E-state index in [1.165, 1.54) is 17.7 Å². The molecule has 2 aromatic carbocycles. The standard InChI is InChI=1S/C32H34FN3O3/c1-4-7-20-39-30(38)36(18-6-3)32-21-31(22-32,23-32)35(17-5-2)29(37)34-19-16-24-10-8-9-11-27(24)28(34)25-12-14-26(33)15-13-25/h2-3,8-15,28H,4,7,16-23H2,1H3/t28-,31?,32?/m0/s1. The number of fused-ring (bicyclic) bond motifs is 1. The number of amides is 3. The Balaban J connectivity index is 1.39. The molecule has 7 heteroatoms. The van der Waals surface area contributed by atoms with Crippen LogP contribution in [0.15, 0.2) is 48.5 Å². The predicted molar refractivity (Wildman–Crippen MR) is 147 cm³/mol. The highest BCUT2D eigenvalue weighted by Gasteiger charge is 2.74. The maximum absolute atomic E-state index is 14.3. The summed E-state index contributed by atoms with van der Waals surface area (Å²) in [5.41, 5.74) is 2.23. The first-order valence-electron chi connectivity index (χ1n) is 13.6. The molecule has 2 bridgehead atoms. The fraction of sp³-hybridized carbons (Fsp3) is 0.438. The van der Waals surface area contributed by atoms with Crippen molar-refractivity contribution < 1.29 is 18.7 Å². The van der Waals surface area contributed by atoms with E-state index in [4.69, 9.17) is 17.6 Å². The second kappa shape index (κ2) is 10.7. The van der Waals surface area contributed by atoms with Crippen molar-refractivity contribution in [1.29, 1.82) is 0 Å². The minimum atomic E-state index is -0.426. The summed E-state index contributed by atoms with van der Waals surface area (Å²) in [5.74, 6) is 4.96. The highest BCUT2D eigenvalue weighted by Crippen LogP contribution is 2.66. The molecule has 0 aromatic heterocycles. The summed E-state index contributed by atoms with van der Waals surface area (Å²) in [6.07, 6.45) is 15.3. The Hall–Kier alpha value is -3.97. The minimum absolute atomic E-state index is 0.140. The van der Waals surface area contributed by atoms with Gasteiger partial charge in [-0.2, -0.15) is 0 Å². The lowest BCUT2D eigenvalue weighted by atomic mass is 9.42.